The Balaban J connectivity index is 1.90. The van der Waals surface area contributed by atoms with E-state index in [2.05, 4.69) is 0 Å². The normalized spacial score (nSPS) is 17.5. The highest BCUT2D eigenvalue weighted by Crippen LogP contribution is 2.21. The number of carboxylic acids is 1. The molecule has 4 nitrogen and oxygen atoms in total. The minimum atomic E-state index is -0.755. The first-order chi connectivity index (χ1) is 9.97. The highest BCUT2D eigenvalue weighted by Gasteiger charge is 2.29. The predicted octanol–water partition coefficient (Wildman–Crippen LogP) is 2.84. The average molecular weight is 310 g/mol. The Hall–Kier alpha value is -1.55. The van der Waals surface area contributed by atoms with Crippen LogP contribution >= 0.6 is 11.6 Å². The highest BCUT2D eigenvalue weighted by molar-refractivity contribution is 6.30. The van der Waals surface area contributed by atoms with E-state index >= 15 is 0 Å². The number of carboxylic acid groups (broad SMARTS) is 1. The van der Waals surface area contributed by atoms with Crippen LogP contribution < -0.4 is 0 Å². The van der Waals surface area contributed by atoms with E-state index < -0.39 is 5.97 Å². The van der Waals surface area contributed by atoms with Crippen LogP contribution in [0, 0.1) is 11.8 Å². The van der Waals surface area contributed by atoms with Crippen LogP contribution in [-0.2, 0) is 16.0 Å². The number of carbonyl (C=O) groups excluding carboxylic acids is 1. The fourth-order valence-corrected chi connectivity index (χ4v) is 2.98. The number of halogens is 1. The van der Waals surface area contributed by atoms with Crippen molar-refractivity contribution < 1.29 is 14.7 Å². The first-order valence-corrected chi connectivity index (χ1v) is 7.61. The van der Waals surface area contributed by atoms with Gasteiger partial charge in [0.05, 0.1) is 5.92 Å². The van der Waals surface area contributed by atoms with E-state index in [0.29, 0.717) is 37.4 Å². The summed E-state index contributed by atoms with van der Waals surface area (Å²) in [6.45, 7) is 2.98. The number of benzene rings is 1. The molecule has 1 fully saturated rings. The summed E-state index contributed by atoms with van der Waals surface area (Å²) in [5.41, 5.74) is 1.05. The standard InChI is InChI=1S/C16H20ClNO3/c1-11(9-12-3-2-4-14(17)10-12)15(19)18-7-5-13(6-8-18)16(20)21/h2-4,10-11,13H,5-9H2,1H3,(H,20,21). The van der Waals surface area contributed by atoms with Crippen LogP contribution in [-0.4, -0.2) is 35.0 Å². The average Bonchev–Trinajstić information content (AvgIpc) is 2.46. The largest absolute Gasteiger partial charge is 0.481 e. The summed E-state index contributed by atoms with van der Waals surface area (Å²) < 4.78 is 0. The zero-order valence-electron chi connectivity index (χ0n) is 12.1. The van der Waals surface area contributed by atoms with Gasteiger partial charge in [0.2, 0.25) is 5.91 Å². The van der Waals surface area contributed by atoms with Gasteiger partial charge in [0.15, 0.2) is 0 Å². The van der Waals surface area contributed by atoms with E-state index in [4.69, 9.17) is 16.7 Å². The summed E-state index contributed by atoms with van der Waals surface area (Å²) in [6, 6.07) is 7.54. The zero-order valence-corrected chi connectivity index (χ0v) is 12.8. The monoisotopic (exact) mass is 309 g/mol. The SMILES string of the molecule is CC(Cc1cccc(Cl)c1)C(=O)N1CCC(C(=O)O)CC1. The lowest BCUT2D eigenvalue weighted by molar-refractivity contribution is -0.146. The lowest BCUT2D eigenvalue weighted by Crippen LogP contribution is -2.43. The van der Waals surface area contributed by atoms with Gasteiger partial charge in [-0.1, -0.05) is 30.7 Å². The molecule has 1 atom stereocenters. The molecule has 5 heteroatoms. The topological polar surface area (TPSA) is 57.6 Å². The third kappa shape index (κ3) is 4.21. The number of nitrogens with zero attached hydrogens (tertiary/aromatic N) is 1. The van der Waals surface area contributed by atoms with E-state index in [1.165, 1.54) is 0 Å². The molecule has 0 radical (unpaired) electrons. The molecule has 1 aromatic carbocycles. The molecule has 0 spiro atoms. The van der Waals surface area contributed by atoms with Gasteiger partial charge in [0, 0.05) is 24.0 Å². The molecule has 0 aromatic heterocycles. The molecule has 1 amide bonds. The van der Waals surface area contributed by atoms with Crippen molar-refractivity contribution in [1.82, 2.24) is 4.90 Å². The second-order valence-corrected chi connectivity index (χ2v) is 6.11. The van der Waals surface area contributed by atoms with Gasteiger partial charge < -0.3 is 10.0 Å². The minimum Gasteiger partial charge on any atom is -0.481 e. The van der Waals surface area contributed by atoms with Crippen molar-refractivity contribution in [2.75, 3.05) is 13.1 Å². The molecule has 1 heterocycles. The first-order valence-electron chi connectivity index (χ1n) is 7.23. The van der Waals surface area contributed by atoms with Crippen LogP contribution in [0.25, 0.3) is 0 Å². The van der Waals surface area contributed by atoms with Gasteiger partial charge in [-0.05, 0) is 37.0 Å². The van der Waals surface area contributed by atoms with Gasteiger partial charge >= 0.3 is 5.97 Å². The Morgan fingerprint density at radius 2 is 2.05 bits per heavy atom. The fraction of sp³-hybridized carbons (Fsp3) is 0.500. The smallest absolute Gasteiger partial charge is 0.306 e. The molecule has 0 saturated carbocycles. The van der Waals surface area contributed by atoms with Gasteiger partial charge in [-0.3, -0.25) is 9.59 Å². The summed E-state index contributed by atoms with van der Waals surface area (Å²) in [5, 5.41) is 9.65. The second-order valence-electron chi connectivity index (χ2n) is 5.67. The molecule has 1 N–H and O–H groups in total. The van der Waals surface area contributed by atoms with Crippen molar-refractivity contribution in [2.45, 2.75) is 26.2 Å². The maximum Gasteiger partial charge on any atom is 0.306 e. The van der Waals surface area contributed by atoms with Gasteiger partial charge in [-0.2, -0.15) is 0 Å². The number of carbonyl (C=O) groups is 2. The molecule has 1 aliphatic heterocycles. The number of aliphatic carboxylic acids is 1. The summed E-state index contributed by atoms with van der Waals surface area (Å²) in [6.07, 6.45) is 1.74. The third-order valence-electron chi connectivity index (χ3n) is 4.01. The van der Waals surface area contributed by atoms with Crippen LogP contribution in [0.3, 0.4) is 0 Å². The molecule has 1 aliphatic rings. The van der Waals surface area contributed by atoms with Crippen LogP contribution in [0.2, 0.25) is 5.02 Å². The Kier molecular flexibility index (Phi) is 5.23. The Morgan fingerprint density at radius 1 is 1.38 bits per heavy atom. The molecule has 1 unspecified atom stereocenters. The maximum atomic E-state index is 12.4. The molecule has 0 aliphatic carbocycles. The van der Waals surface area contributed by atoms with Gasteiger partial charge in [-0.15, -0.1) is 0 Å². The van der Waals surface area contributed by atoms with Crippen molar-refractivity contribution >= 4 is 23.5 Å². The van der Waals surface area contributed by atoms with Crippen molar-refractivity contribution in [3.8, 4) is 0 Å². The van der Waals surface area contributed by atoms with E-state index in [1.807, 2.05) is 31.2 Å². The van der Waals surface area contributed by atoms with Crippen molar-refractivity contribution in [1.29, 1.82) is 0 Å². The molecule has 0 bridgehead atoms. The number of likely N-dealkylation sites (tertiary alicyclic amines) is 1. The van der Waals surface area contributed by atoms with Gasteiger partial charge in [-0.25, -0.2) is 0 Å². The number of hydrogen-bond donors (Lipinski definition) is 1. The molecule has 1 aromatic rings. The predicted molar refractivity (Wildman–Crippen MR) is 81.3 cm³/mol. The van der Waals surface area contributed by atoms with E-state index in [-0.39, 0.29) is 17.7 Å². The van der Waals surface area contributed by atoms with E-state index in [1.54, 1.807) is 4.90 Å². The quantitative estimate of drug-likeness (QED) is 0.930. The summed E-state index contributed by atoms with van der Waals surface area (Å²) in [4.78, 5) is 25.1. The Bertz CT molecular complexity index is 524. The first kappa shape index (κ1) is 15.8. The van der Waals surface area contributed by atoms with Gasteiger partial charge in [0.1, 0.15) is 0 Å². The molecule has 21 heavy (non-hydrogen) atoms. The minimum absolute atomic E-state index is 0.0961. The highest BCUT2D eigenvalue weighted by atomic mass is 35.5. The lowest BCUT2D eigenvalue weighted by atomic mass is 9.94. The third-order valence-corrected chi connectivity index (χ3v) is 4.24. The molecule has 114 valence electrons. The van der Waals surface area contributed by atoms with Crippen LogP contribution in [0.5, 0.6) is 0 Å². The maximum absolute atomic E-state index is 12.4. The number of piperidine rings is 1. The molecular weight excluding hydrogens is 290 g/mol. The zero-order chi connectivity index (χ0) is 15.4. The second kappa shape index (κ2) is 6.94. The van der Waals surface area contributed by atoms with Crippen LogP contribution in [0.15, 0.2) is 24.3 Å². The van der Waals surface area contributed by atoms with E-state index in [9.17, 15) is 9.59 Å². The van der Waals surface area contributed by atoms with Crippen molar-refractivity contribution in [3.63, 3.8) is 0 Å². The molecule has 1 saturated heterocycles. The number of rotatable bonds is 4. The number of hydrogen-bond acceptors (Lipinski definition) is 2. The summed E-state index contributed by atoms with van der Waals surface area (Å²) >= 11 is 5.95. The van der Waals surface area contributed by atoms with E-state index in [0.717, 1.165) is 5.56 Å². The fourth-order valence-electron chi connectivity index (χ4n) is 2.76. The lowest BCUT2D eigenvalue weighted by Gasteiger charge is -2.32. The number of amides is 1. The Labute approximate surface area is 129 Å². The molecule has 2 rings (SSSR count). The van der Waals surface area contributed by atoms with Gasteiger partial charge in [0.25, 0.3) is 0 Å². The van der Waals surface area contributed by atoms with Crippen molar-refractivity contribution in [2.24, 2.45) is 11.8 Å². The summed E-state index contributed by atoms with van der Waals surface area (Å²) in [5.74, 6) is -1.09. The summed E-state index contributed by atoms with van der Waals surface area (Å²) in [7, 11) is 0. The molecular formula is C16H20ClNO3. The van der Waals surface area contributed by atoms with Crippen molar-refractivity contribution in [3.05, 3.63) is 34.9 Å². The van der Waals surface area contributed by atoms with Crippen LogP contribution in [0.1, 0.15) is 25.3 Å². The van der Waals surface area contributed by atoms with Crippen LogP contribution in [0.4, 0.5) is 0 Å². The Morgan fingerprint density at radius 3 is 2.62 bits per heavy atom.